The molecule has 2 aromatic carbocycles. The first kappa shape index (κ1) is 17.6. The van der Waals surface area contributed by atoms with Crippen molar-refractivity contribution in [2.75, 3.05) is 0 Å². The molecule has 0 saturated heterocycles. The number of nitriles is 1. The fourth-order valence-corrected chi connectivity index (χ4v) is 2.18. The molecule has 0 atom stereocenters. The van der Waals surface area contributed by atoms with Crippen molar-refractivity contribution >= 4 is 5.97 Å². The highest BCUT2D eigenvalue weighted by molar-refractivity contribution is 5.74. The smallest absolute Gasteiger partial charge is 0.310 e. The van der Waals surface area contributed by atoms with Crippen molar-refractivity contribution in [1.29, 1.82) is 5.26 Å². The Hall–Kier alpha value is -2.80. The van der Waals surface area contributed by atoms with Crippen LogP contribution in [0.3, 0.4) is 0 Å². The van der Waals surface area contributed by atoms with Gasteiger partial charge >= 0.3 is 5.97 Å². The largest absolute Gasteiger partial charge is 0.489 e. The molecule has 2 aromatic rings. The van der Waals surface area contributed by atoms with Gasteiger partial charge in [-0.05, 0) is 44.0 Å². The van der Waals surface area contributed by atoms with Crippen molar-refractivity contribution in [3.05, 3.63) is 65.2 Å². The van der Waals surface area contributed by atoms with Gasteiger partial charge in [-0.2, -0.15) is 5.26 Å². The van der Waals surface area contributed by atoms with Gasteiger partial charge in [0.05, 0.1) is 18.1 Å². The van der Waals surface area contributed by atoms with Crippen molar-refractivity contribution in [2.45, 2.75) is 39.4 Å². The van der Waals surface area contributed by atoms with Gasteiger partial charge in [-0.1, -0.05) is 36.4 Å². The van der Waals surface area contributed by atoms with Crippen LogP contribution in [-0.2, 0) is 22.6 Å². The van der Waals surface area contributed by atoms with E-state index in [9.17, 15) is 10.1 Å². The van der Waals surface area contributed by atoms with E-state index >= 15 is 0 Å². The summed E-state index contributed by atoms with van der Waals surface area (Å²) in [5.41, 5.74) is 1.57. The van der Waals surface area contributed by atoms with E-state index < -0.39 is 5.60 Å². The number of benzene rings is 2. The maximum atomic E-state index is 11.9. The van der Waals surface area contributed by atoms with E-state index in [0.29, 0.717) is 23.5 Å². The predicted octanol–water partition coefficient (Wildman–Crippen LogP) is 4.02. The Bertz CT molecular complexity index is 740. The molecule has 0 aromatic heterocycles. The molecule has 4 nitrogen and oxygen atoms in total. The normalized spacial score (nSPS) is 10.8. The first-order valence-electron chi connectivity index (χ1n) is 7.79. The number of carbonyl (C=O) groups excluding carboxylic acids is 1. The minimum Gasteiger partial charge on any atom is -0.489 e. The van der Waals surface area contributed by atoms with Crippen molar-refractivity contribution in [2.24, 2.45) is 0 Å². The van der Waals surface area contributed by atoms with E-state index in [1.54, 1.807) is 18.2 Å². The molecule has 0 spiro atoms. The maximum Gasteiger partial charge on any atom is 0.310 e. The number of nitrogens with zero attached hydrogens (tertiary/aromatic N) is 1. The van der Waals surface area contributed by atoms with Crippen LogP contribution in [0.5, 0.6) is 5.75 Å². The average Bonchev–Trinajstić information content (AvgIpc) is 2.53. The van der Waals surface area contributed by atoms with E-state index in [1.807, 2.05) is 51.1 Å². The summed E-state index contributed by atoms with van der Waals surface area (Å²) in [5.74, 6) is 0.250. The minimum absolute atomic E-state index is 0.0686. The summed E-state index contributed by atoms with van der Waals surface area (Å²) in [6.07, 6.45) is 0.0686. The first-order valence-corrected chi connectivity index (χ1v) is 7.79. The van der Waals surface area contributed by atoms with Crippen LogP contribution >= 0.6 is 0 Å². The SMILES string of the molecule is CC(C)(C)OC(=O)Cc1ccc(OCc2ccccc2)cc1C#N. The second-order valence-corrected chi connectivity index (χ2v) is 6.47. The number of ether oxygens (including phenoxy) is 2. The van der Waals surface area contributed by atoms with Crippen LogP contribution in [0.1, 0.15) is 37.5 Å². The summed E-state index contributed by atoms with van der Waals surface area (Å²) in [4.78, 5) is 11.9. The lowest BCUT2D eigenvalue weighted by atomic mass is 10.0. The minimum atomic E-state index is -0.539. The molecule has 0 amide bonds. The van der Waals surface area contributed by atoms with Crippen LogP contribution in [0.4, 0.5) is 0 Å². The summed E-state index contributed by atoms with van der Waals surface area (Å²) in [7, 11) is 0. The van der Waals surface area contributed by atoms with Crippen LogP contribution in [0.25, 0.3) is 0 Å². The highest BCUT2D eigenvalue weighted by atomic mass is 16.6. The summed E-state index contributed by atoms with van der Waals surface area (Å²) in [5, 5.41) is 9.32. The number of hydrogen-bond acceptors (Lipinski definition) is 4. The van der Waals surface area contributed by atoms with E-state index in [-0.39, 0.29) is 12.4 Å². The Morgan fingerprint density at radius 3 is 2.46 bits per heavy atom. The van der Waals surface area contributed by atoms with Crippen molar-refractivity contribution in [1.82, 2.24) is 0 Å². The Balaban J connectivity index is 2.05. The highest BCUT2D eigenvalue weighted by Gasteiger charge is 2.18. The quantitative estimate of drug-likeness (QED) is 0.780. The van der Waals surface area contributed by atoms with Gasteiger partial charge in [-0.25, -0.2) is 0 Å². The molecular formula is C20H21NO3. The average molecular weight is 323 g/mol. The Labute approximate surface area is 142 Å². The lowest BCUT2D eigenvalue weighted by Gasteiger charge is -2.19. The number of carbonyl (C=O) groups is 1. The number of esters is 1. The van der Waals surface area contributed by atoms with E-state index in [4.69, 9.17) is 9.47 Å². The molecular weight excluding hydrogens is 302 g/mol. The predicted molar refractivity (Wildman–Crippen MR) is 91.5 cm³/mol. The Morgan fingerprint density at radius 2 is 1.83 bits per heavy atom. The van der Waals surface area contributed by atoms with Crippen molar-refractivity contribution < 1.29 is 14.3 Å². The summed E-state index contributed by atoms with van der Waals surface area (Å²) < 4.78 is 11.0. The van der Waals surface area contributed by atoms with Gasteiger partial charge in [0.1, 0.15) is 18.0 Å². The third-order valence-corrected chi connectivity index (χ3v) is 3.20. The van der Waals surface area contributed by atoms with Gasteiger partial charge in [-0.15, -0.1) is 0 Å². The van der Waals surface area contributed by atoms with Gasteiger partial charge < -0.3 is 9.47 Å². The topological polar surface area (TPSA) is 59.3 Å². The summed E-state index contributed by atoms with van der Waals surface area (Å²) in [6, 6.07) is 17.1. The molecule has 0 aliphatic heterocycles. The summed E-state index contributed by atoms with van der Waals surface area (Å²) >= 11 is 0. The van der Waals surface area contributed by atoms with Crippen LogP contribution in [0, 0.1) is 11.3 Å². The van der Waals surface area contributed by atoms with E-state index in [2.05, 4.69) is 6.07 Å². The molecule has 0 fully saturated rings. The fourth-order valence-electron chi connectivity index (χ4n) is 2.18. The number of rotatable bonds is 5. The van der Waals surface area contributed by atoms with E-state index in [0.717, 1.165) is 5.56 Å². The zero-order chi connectivity index (χ0) is 17.6. The standard InChI is InChI=1S/C20H21NO3/c1-20(2,3)24-19(22)12-16-9-10-18(11-17(16)13-21)23-14-15-7-5-4-6-8-15/h4-11H,12,14H2,1-3H3. The molecule has 0 heterocycles. The maximum absolute atomic E-state index is 11.9. The lowest BCUT2D eigenvalue weighted by Crippen LogP contribution is -2.25. The molecule has 0 N–H and O–H groups in total. The van der Waals surface area contributed by atoms with Crippen molar-refractivity contribution in [3.8, 4) is 11.8 Å². The number of hydrogen-bond donors (Lipinski definition) is 0. The van der Waals surface area contributed by atoms with Crippen LogP contribution < -0.4 is 4.74 Å². The van der Waals surface area contributed by atoms with Crippen LogP contribution in [0.15, 0.2) is 48.5 Å². The lowest BCUT2D eigenvalue weighted by molar-refractivity contribution is -0.153. The van der Waals surface area contributed by atoms with Crippen LogP contribution in [-0.4, -0.2) is 11.6 Å². The summed E-state index contributed by atoms with van der Waals surface area (Å²) in [6.45, 7) is 5.88. The van der Waals surface area contributed by atoms with Gasteiger partial charge in [0.25, 0.3) is 0 Å². The van der Waals surface area contributed by atoms with Crippen LogP contribution in [0.2, 0.25) is 0 Å². The molecule has 124 valence electrons. The van der Waals surface area contributed by atoms with Crippen molar-refractivity contribution in [3.63, 3.8) is 0 Å². The molecule has 24 heavy (non-hydrogen) atoms. The zero-order valence-corrected chi connectivity index (χ0v) is 14.2. The van der Waals surface area contributed by atoms with Gasteiger partial charge in [-0.3, -0.25) is 4.79 Å². The Morgan fingerprint density at radius 1 is 1.12 bits per heavy atom. The third kappa shape index (κ3) is 5.44. The molecule has 0 unspecified atom stereocenters. The molecule has 0 aliphatic carbocycles. The molecule has 4 heteroatoms. The van der Waals surface area contributed by atoms with Gasteiger partial charge in [0.2, 0.25) is 0 Å². The molecule has 0 aliphatic rings. The molecule has 0 bridgehead atoms. The second kappa shape index (κ2) is 7.65. The molecule has 2 rings (SSSR count). The van der Waals surface area contributed by atoms with E-state index in [1.165, 1.54) is 0 Å². The van der Waals surface area contributed by atoms with Gasteiger partial charge in [0, 0.05) is 0 Å². The third-order valence-electron chi connectivity index (χ3n) is 3.20. The fraction of sp³-hybridized carbons (Fsp3) is 0.300. The Kier molecular flexibility index (Phi) is 5.59. The van der Waals surface area contributed by atoms with Gasteiger partial charge in [0.15, 0.2) is 0 Å². The zero-order valence-electron chi connectivity index (χ0n) is 14.2. The highest BCUT2D eigenvalue weighted by Crippen LogP contribution is 2.20. The molecule has 0 radical (unpaired) electrons. The first-order chi connectivity index (χ1) is 11.4. The molecule has 0 saturated carbocycles. The monoisotopic (exact) mass is 323 g/mol. The second-order valence-electron chi connectivity index (χ2n) is 6.47.